The Morgan fingerprint density at radius 2 is 2.03 bits per heavy atom. The van der Waals surface area contributed by atoms with Crippen LogP contribution in [0.5, 0.6) is 0 Å². The number of aliphatic hydroxyl groups excluding tert-OH is 1. The van der Waals surface area contributed by atoms with Crippen molar-refractivity contribution in [2.45, 2.75) is 43.7 Å². The molecule has 5 N–H and O–H groups in total. The van der Waals surface area contributed by atoms with Gasteiger partial charge in [0.1, 0.15) is 11.3 Å². The molecular weight excluding hydrogens is 534 g/mol. The number of benzene rings is 1. The SMILES string of the molecule is O=P(O)(O)CP(=O)(O)OC[C@@H]1C[C@H](O)[C@H](n2ncc3c(N[C@H]4CCc5ccccc54)cc(Cl)nc32)O1. The molecule has 12 nitrogen and oxygen atoms in total. The molecule has 1 aromatic carbocycles. The molecule has 0 spiro atoms. The Balaban J connectivity index is 1.34. The lowest BCUT2D eigenvalue weighted by molar-refractivity contribution is -0.0527. The Bertz CT molecular complexity index is 1380. The summed E-state index contributed by atoms with van der Waals surface area (Å²) < 4.78 is 35.0. The van der Waals surface area contributed by atoms with Crippen LogP contribution in [0.2, 0.25) is 5.15 Å². The van der Waals surface area contributed by atoms with Gasteiger partial charge in [0.05, 0.1) is 36.0 Å². The lowest BCUT2D eigenvalue weighted by Gasteiger charge is -2.19. The Hall–Kier alpha value is -1.85. The smallest absolute Gasteiger partial charge is 0.340 e. The third-order valence-corrected chi connectivity index (χ3v) is 9.88. The zero-order valence-electron chi connectivity index (χ0n) is 18.8. The highest BCUT2D eigenvalue weighted by atomic mass is 35.5. The van der Waals surface area contributed by atoms with Crippen molar-refractivity contribution in [3.05, 3.63) is 52.8 Å². The fourth-order valence-corrected chi connectivity index (χ4v) is 7.50. The molecule has 0 radical (unpaired) electrons. The maximum absolute atomic E-state index is 11.9. The molecule has 0 saturated carbocycles. The van der Waals surface area contributed by atoms with Gasteiger partial charge in [-0.2, -0.15) is 5.10 Å². The normalized spacial score (nSPS) is 25.7. The minimum atomic E-state index is -4.75. The fraction of sp³-hybridized carbons (Fsp3) is 0.429. The van der Waals surface area contributed by atoms with Gasteiger partial charge < -0.3 is 34.4 Å². The standard InChI is InChI=1S/C21H25ClN4O8P2/c22-19-8-17(24-16-6-5-12-3-1-2-4-14(12)16)15-9-23-26(20(15)25-19)21-18(27)7-13(34-21)10-33-36(31,32)11-35(28,29)30/h1-4,8-9,13,16,18,21,27H,5-7,10-11H2,(H,24,25)(H,31,32)(H2,28,29,30)/t13-,16-,18-,21+/m0/s1. The molecule has 2 aliphatic rings. The monoisotopic (exact) mass is 558 g/mol. The molecule has 15 heteroatoms. The average Bonchev–Trinajstić information content (AvgIpc) is 3.48. The zero-order chi connectivity index (χ0) is 25.7. The molecule has 2 aromatic heterocycles. The number of ether oxygens (including phenoxy) is 1. The van der Waals surface area contributed by atoms with Crippen molar-refractivity contribution in [3.63, 3.8) is 0 Å². The highest BCUT2D eigenvalue weighted by molar-refractivity contribution is 7.70. The van der Waals surface area contributed by atoms with Gasteiger partial charge in [0.2, 0.25) is 0 Å². The number of rotatable bonds is 8. The van der Waals surface area contributed by atoms with Gasteiger partial charge in [-0.3, -0.25) is 9.13 Å². The third kappa shape index (κ3) is 5.52. The van der Waals surface area contributed by atoms with Crippen LogP contribution in [-0.2, 0) is 24.8 Å². The molecule has 0 bridgehead atoms. The van der Waals surface area contributed by atoms with Gasteiger partial charge in [-0.1, -0.05) is 35.9 Å². The summed E-state index contributed by atoms with van der Waals surface area (Å²) in [7, 11) is -9.29. The first kappa shape index (κ1) is 25.8. The molecule has 0 amide bonds. The van der Waals surface area contributed by atoms with Crippen LogP contribution in [-0.4, -0.2) is 59.3 Å². The Morgan fingerprint density at radius 1 is 1.25 bits per heavy atom. The fourth-order valence-electron chi connectivity index (χ4n) is 4.72. The largest absolute Gasteiger partial charge is 0.388 e. The van der Waals surface area contributed by atoms with Gasteiger partial charge >= 0.3 is 15.2 Å². The quantitative estimate of drug-likeness (QED) is 0.203. The Kier molecular flexibility index (Phi) is 7.01. The van der Waals surface area contributed by atoms with E-state index in [0.717, 1.165) is 18.5 Å². The van der Waals surface area contributed by atoms with Crippen LogP contribution < -0.4 is 5.32 Å². The van der Waals surface area contributed by atoms with Crippen molar-refractivity contribution in [3.8, 4) is 0 Å². The number of hydrogen-bond acceptors (Lipinski definition) is 8. The van der Waals surface area contributed by atoms with Gasteiger partial charge in [0.15, 0.2) is 17.8 Å². The van der Waals surface area contributed by atoms with E-state index in [0.29, 0.717) is 11.0 Å². The highest BCUT2D eigenvalue weighted by Gasteiger charge is 2.39. The van der Waals surface area contributed by atoms with E-state index >= 15 is 0 Å². The number of anilines is 1. The van der Waals surface area contributed by atoms with Crippen LogP contribution >= 0.6 is 26.8 Å². The zero-order valence-corrected chi connectivity index (χ0v) is 21.4. The summed E-state index contributed by atoms with van der Waals surface area (Å²) in [6.07, 6.45) is 0.722. The van der Waals surface area contributed by atoms with Crippen LogP contribution in [0.25, 0.3) is 11.0 Å². The van der Waals surface area contributed by atoms with Crippen molar-refractivity contribution in [2.24, 2.45) is 0 Å². The average molecular weight is 559 g/mol. The van der Waals surface area contributed by atoms with E-state index in [2.05, 4.69) is 27.5 Å². The minimum absolute atomic E-state index is 0.0481. The van der Waals surface area contributed by atoms with Crippen LogP contribution in [0.3, 0.4) is 0 Å². The second-order valence-corrected chi connectivity index (χ2v) is 13.3. The minimum Gasteiger partial charge on any atom is -0.388 e. The molecule has 36 heavy (non-hydrogen) atoms. The summed E-state index contributed by atoms with van der Waals surface area (Å²) in [6.45, 7) is -0.442. The lowest BCUT2D eigenvalue weighted by atomic mass is 10.1. The first-order chi connectivity index (χ1) is 17.0. The molecule has 1 saturated heterocycles. The number of hydrogen-bond donors (Lipinski definition) is 5. The van der Waals surface area contributed by atoms with Crippen molar-refractivity contribution in [2.75, 3.05) is 17.8 Å². The molecule has 3 heterocycles. The molecule has 1 aliphatic heterocycles. The first-order valence-corrected chi connectivity index (χ1v) is 15.2. The van der Waals surface area contributed by atoms with E-state index in [1.165, 1.54) is 15.8 Å². The molecule has 1 aliphatic carbocycles. The van der Waals surface area contributed by atoms with Gasteiger partial charge in [0.25, 0.3) is 0 Å². The number of halogens is 1. The van der Waals surface area contributed by atoms with Gasteiger partial charge in [-0.25, -0.2) is 9.67 Å². The molecule has 1 fully saturated rings. The van der Waals surface area contributed by atoms with E-state index in [9.17, 15) is 19.1 Å². The number of fused-ring (bicyclic) bond motifs is 2. The predicted octanol–water partition coefficient (Wildman–Crippen LogP) is 3.17. The van der Waals surface area contributed by atoms with E-state index in [-0.39, 0.29) is 17.6 Å². The molecule has 3 aromatic rings. The molecule has 5 atom stereocenters. The van der Waals surface area contributed by atoms with E-state index in [1.54, 1.807) is 12.3 Å². The number of pyridine rings is 1. The molecule has 5 rings (SSSR count). The summed E-state index contributed by atoms with van der Waals surface area (Å²) >= 11 is 6.32. The first-order valence-electron chi connectivity index (χ1n) is 11.2. The Labute approximate surface area is 210 Å². The van der Waals surface area contributed by atoms with Gasteiger partial charge in [-0.05, 0) is 30.0 Å². The number of nitrogens with zero attached hydrogens (tertiary/aromatic N) is 3. The summed E-state index contributed by atoms with van der Waals surface area (Å²) in [5.41, 5.74) is 3.65. The van der Waals surface area contributed by atoms with Crippen molar-refractivity contribution in [1.29, 1.82) is 0 Å². The van der Waals surface area contributed by atoms with E-state index < -0.39 is 46.1 Å². The third-order valence-electron chi connectivity index (χ3n) is 6.23. The van der Waals surface area contributed by atoms with Gasteiger partial charge in [-0.15, -0.1) is 0 Å². The second kappa shape index (κ2) is 9.79. The number of aliphatic hydroxyl groups is 1. The van der Waals surface area contributed by atoms with Crippen LogP contribution in [0.4, 0.5) is 5.69 Å². The van der Waals surface area contributed by atoms with Crippen LogP contribution in [0.1, 0.15) is 36.2 Å². The Morgan fingerprint density at radius 3 is 2.81 bits per heavy atom. The molecular formula is C21H25ClN4O8P2. The number of aryl methyl sites for hydroxylation is 1. The van der Waals surface area contributed by atoms with Gasteiger partial charge in [0, 0.05) is 6.42 Å². The maximum atomic E-state index is 11.9. The summed E-state index contributed by atoms with van der Waals surface area (Å²) in [6, 6.07) is 10.1. The second-order valence-electron chi connectivity index (χ2n) is 8.94. The number of nitrogens with one attached hydrogen (secondary N) is 1. The predicted molar refractivity (Wildman–Crippen MR) is 131 cm³/mol. The molecule has 1 unspecified atom stereocenters. The lowest BCUT2D eigenvalue weighted by Crippen LogP contribution is -2.21. The van der Waals surface area contributed by atoms with Crippen LogP contribution in [0, 0.1) is 0 Å². The summed E-state index contributed by atoms with van der Waals surface area (Å²) in [5.74, 6) is -1.30. The van der Waals surface area contributed by atoms with Crippen molar-refractivity contribution >= 4 is 43.5 Å². The van der Waals surface area contributed by atoms with Crippen molar-refractivity contribution < 1.29 is 38.2 Å². The van der Waals surface area contributed by atoms with Crippen molar-refractivity contribution in [1.82, 2.24) is 14.8 Å². The van der Waals surface area contributed by atoms with E-state index in [4.69, 9.17) is 30.6 Å². The molecule has 194 valence electrons. The summed E-state index contributed by atoms with van der Waals surface area (Å²) in [5, 5.41) is 19.4. The topological polar surface area (TPSA) is 176 Å². The highest BCUT2D eigenvalue weighted by Crippen LogP contribution is 2.55. The van der Waals surface area contributed by atoms with Crippen LogP contribution in [0.15, 0.2) is 36.5 Å². The maximum Gasteiger partial charge on any atom is 0.340 e. The number of aromatic nitrogens is 3. The summed E-state index contributed by atoms with van der Waals surface area (Å²) in [4.78, 5) is 31.9. The van der Waals surface area contributed by atoms with E-state index in [1.807, 2.05) is 12.1 Å².